The zero-order valence-corrected chi connectivity index (χ0v) is 27.7. The normalized spacial score (nSPS) is 16.7. The molecule has 1 aromatic carbocycles. The van der Waals surface area contributed by atoms with Gasteiger partial charge in [-0.3, -0.25) is 19.4 Å². The third-order valence-corrected chi connectivity index (χ3v) is 9.55. The largest absolute Gasteiger partial charge is 0.486 e. The second-order valence-electron chi connectivity index (χ2n) is 12.0. The molecular weight excluding hydrogens is 586 g/mol. The van der Waals surface area contributed by atoms with Gasteiger partial charge in [0.05, 0.1) is 11.9 Å². The van der Waals surface area contributed by atoms with Crippen LogP contribution in [0.5, 0.6) is 5.75 Å². The number of carbonyl (C=O) groups is 1. The minimum Gasteiger partial charge on any atom is -0.486 e. The van der Waals surface area contributed by atoms with Crippen molar-refractivity contribution < 1.29 is 14.3 Å². The first-order chi connectivity index (χ1) is 21.9. The molecular formula is C34H45N7O3S. The van der Waals surface area contributed by atoms with Crippen molar-refractivity contribution in [3.05, 3.63) is 59.7 Å². The summed E-state index contributed by atoms with van der Waals surface area (Å²) in [6.45, 7) is 14.1. The molecule has 0 spiro atoms. The monoisotopic (exact) mass is 631 g/mol. The van der Waals surface area contributed by atoms with E-state index in [0.717, 1.165) is 66.3 Å². The van der Waals surface area contributed by atoms with E-state index in [1.807, 2.05) is 48.0 Å². The average Bonchev–Trinajstić information content (AvgIpc) is 3.70. The SMILES string of the molecule is Cc1cc(OCc2nnc(SC3CCCC3)n2-c2cccnc2)ccc1C#CC(C)OC(=O)NCCN1CCN(C(C)C)CC1. The number of rotatable bonds is 11. The molecule has 0 radical (unpaired) electrons. The summed E-state index contributed by atoms with van der Waals surface area (Å²) in [4.78, 5) is 21.4. The second-order valence-corrected chi connectivity index (χ2v) is 13.2. The van der Waals surface area contributed by atoms with Crippen molar-refractivity contribution in [1.82, 2.24) is 34.9 Å². The van der Waals surface area contributed by atoms with Gasteiger partial charge < -0.3 is 14.8 Å². The number of benzene rings is 1. The van der Waals surface area contributed by atoms with E-state index in [0.29, 0.717) is 17.8 Å². The molecule has 2 aliphatic rings. The number of amides is 1. The predicted octanol–water partition coefficient (Wildman–Crippen LogP) is 5.08. The van der Waals surface area contributed by atoms with E-state index in [9.17, 15) is 4.79 Å². The van der Waals surface area contributed by atoms with E-state index < -0.39 is 12.2 Å². The number of thioether (sulfide) groups is 1. The Morgan fingerprint density at radius 2 is 1.91 bits per heavy atom. The molecule has 45 heavy (non-hydrogen) atoms. The smallest absolute Gasteiger partial charge is 0.408 e. The zero-order valence-electron chi connectivity index (χ0n) is 26.9. The second kappa shape index (κ2) is 16.1. The van der Waals surface area contributed by atoms with Gasteiger partial charge in [0.25, 0.3) is 0 Å². The number of aromatic nitrogens is 4. The van der Waals surface area contributed by atoms with Crippen LogP contribution >= 0.6 is 11.8 Å². The number of alkyl carbamates (subject to hydrolysis) is 1. The molecule has 5 rings (SSSR count). The number of pyridine rings is 1. The standard InChI is InChI=1S/C34H45N7O3S/c1-25(2)40-20-18-39(19-21-40)17-16-36-34(42)44-27(4)11-12-28-13-14-30(22-26(28)3)43-24-32-37-38-33(45-31-9-5-6-10-31)41(32)29-8-7-15-35-23-29/h7-8,13-15,22-23,25,27,31H,5-6,9-10,16-21,24H2,1-4H3,(H,36,42). The first-order valence-corrected chi connectivity index (χ1v) is 16.9. The molecule has 3 heterocycles. The Morgan fingerprint density at radius 1 is 1.11 bits per heavy atom. The van der Waals surface area contributed by atoms with Crippen LogP contribution in [0.25, 0.3) is 5.69 Å². The molecule has 1 saturated heterocycles. The highest BCUT2D eigenvalue weighted by molar-refractivity contribution is 7.99. The van der Waals surface area contributed by atoms with Gasteiger partial charge in [0, 0.05) is 62.3 Å². The lowest BCUT2D eigenvalue weighted by molar-refractivity contribution is 0.105. The number of ether oxygens (including phenoxy) is 2. The summed E-state index contributed by atoms with van der Waals surface area (Å²) < 4.78 is 13.7. The number of hydrogen-bond donors (Lipinski definition) is 1. The van der Waals surface area contributed by atoms with E-state index in [2.05, 4.69) is 56.0 Å². The van der Waals surface area contributed by atoms with Gasteiger partial charge in [0.15, 0.2) is 17.1 Å². The van der Waals surface area contributed by atoms with Gasteiger partial charge in [0.1, 0.15) is 12.4 Å². The maximum absolute atomic E-state index is 12.3. The maximum Gasteiger partial charge on any atom is 0.408 e. The zero-order chi connectivity index (χ0) is 31.6. The molecule has 1 N–H and O–H groups in total. The van der Waals surface area contributed by atoms with Crippen LogP contribution in [0.15, 0.2) is 47.9 Å². The van der Waals surface area contributed by atoms with Crippen LogP contribution < -0.4 is 10.1 Å². The summed E-state index contributed by atoms with van der Waals surface area (Å²) in [5.74, 6) is 7.64. The third kappa shape index (κ3) is 9.45. The Balaban J connectivity index is 1.11. The topological polar surface area (TPSA) is 97.6 Å². The summed E-state index contributed by atoms with van der Waals surface area (Å²) in [7, 11) is 0. The van der Waals surface area contributed by atoms with Crippen LogP contribution in [0.2, 0.25) is 0 Å². The molecule has 240 valence electrons. The highest BCUT2D eigenvalue weighted by Crippen LogP contribution is 2.35. The molecule has 1 aliphatic heterocycles. The lowest BCUT2D eigenvalue weighted by Crippen LogP contribution is -2.50. The number of carbonyl (C=O) groups excluding carboxylic acids is 1. The van der Waals surface area contributed by atoms with Crippen molar-refractivity contribution in [3.8, 4) is 23.3 Å². The summed E-state index contributed by atoms with van der Waals surface area (Å²) >= 11 is 1.79. The van der Waals surface area contributed by atoms with Crippen molar-refractivity contribution in [2.75, 3.05) is 39.3 Å². The van der Waals surface area contributed by atoms with Crippen molar-refractivity contribution in [2.24, 2.45) is 0 Å². The number of nitrogens with one attached hydrogen (secondary N) is 1. The van der Waals surface area contributed by atoms with Gasteiger partial charge >= 0.3 is 6.09 Å². The summed E-state index contributed by atoms with van der Waals surface area (Å²) in [5, 5.41) is 13.3. The van der Waals surface area contributed by atoms with E-state index in [1.165, 1.54) is 25.7 Å². The van der Waals surface area contributed by atoms with Gasteiger partial charge in [-0.2, -0.15) is 0 Å². The van der Waals surface area contributed by atoms with Crippen LogP contribution in [-0.4, -0.2) is 92.3 Å². The first-order valence-electron chi connectivity index (χ1n) is 16.0. The highest BCUT2D eigenvalue weighted by Gasteiger charge is 2.22. The Kier molecular flexibility index (Phi) is 11.7. The average molecular weight is 632 g/mol. The highest BCUT2D eigenvalue weighted by atomic mass is 32.2. The van der Waals surface area contributed by atoms with Gasteiger partial charge in [-0.1, -0.05) is 36.4 Å². The molecule has 1 atom stereocenters. The van der Waals surface area contributed by atoms with Gasteiger partial charge in [-0.15, -0.1) is 10.2 Å². The van der Waals surface area contributed by atoms with E-state index >= 15 is 0 Å². The summed E-state index contributed by atoms with van der Waals surface area (Å²) in [5.41, 5.74) is 2.75. The Hall–Kier alpha value is -3.59. The number of piperazine rings is 1. The van der Waals surface area contributed by atoms with Crippen LogP contribution in [0.4, 0.5) is 4.79 Å². The van der Waals surface area contributed by atoms with E-state index in [1.54, 1.807) is 24.9 Å². The third-order valence-electron chi connectivity index (χ3n) is 8.27. The number of hydrogen-bond acceptors (Lipinski definition) is 9. The molecule has 1 unspecified atom stereocenters. The van der Waals surface area contributed by atoms with Gasteiger partial charge in [-0.25, -0.2) is 4.79 Å². The number of aryl methyl sites for hydroxylation is 1. The molecule has 2 fully saturated rings. The Bertz CT molecular complexity index is 1460. The van der Waals surface area contributed by atoms with Crippen molar-refractivity contribution in [3.63, 3.8) is 0 Å². The summed E-state index contributed by atoms with van der Waals surface area (Å²) in [6, 6.07) is 10.3. The fourth-order valence-electron chi connectivity index (χ4n) is 5.62. The van der Waals surface area contributed by atoms with E-state index in [-0.39, 0.29) is 6.61 Å². The summed E-state index contributed by atoms with van der Waals surface area (Å²) in [6.07, 6.45) is 7.57. The molecule has 2 aromatic heterocycles. The van der Waals surface area contributed by atoms with Crippen LogP contribution in [-0.2, 0) is 11.3 Å². The maximum atomic E-state index is 12.3. The number of nitrogens with zero attached hydrogens (tertiary/aromatic N) is 6. The Morgan fingerprint density at radius 3 is 2.62 bits per heavy atom. The Labute approximate surface area is 271 Å². The molecule has 11 heteroatoms. The molecule has 1 aliphatic carbocycles. The molecule has 1 amide bonds. The predicted molar refractivity (Wildman–Crippen MR) is 177 cm³/mol. The minimum atomic E-state index is -0.537. The van der Waals surface area contributed by atoms with Crippen molar-refractivity contribution >= 4 is 17.9 Å². The van der Waals surface area contributed by atoms with Crippen LogP contribution in [0, 0.1) is 18.8 Å². The molecule has 3 aromatic rings. The molecule has 1 saturated carbocycles. The lowest BCUT2D eigenvalue weighted by Gasteiger charge is -2.36. The van der Waals surface area contributed by atoms with Crippen LogP contribution in [0.3, 0.4) is 0 Å². The van der Waals surface area contributed by atoms with Crippen molar-refractivity contribution in [1.29, 1.82) is 0 Å². The van der Waals surface area contributed by atoms with Crippen LogP contribution in [0.1, 0.15) is 63.4 Å². The van der Waals surface area contributed by atoms with Gasteiger partial charge in [0.2, 0.25) is 0 Å². The first kappa shape index (κ1) is 32.8. The molecule has 10 nitrogen and oxygen atoms in total. The fourth-order valence-corrected chi connectivity index (χ4v) is 6.89. The fraction of sp³-hybridized carbons (Fsp3) is 0.529. The van der Waals surface area contributed by atoms with Crippen molar-refractivity contribution in [2.45, 2.75) is 82.5 Å². The molecule has 0 bridgehead atoms. The van der Waals surface area contributed by atoms with E-state index in [4.69, 9.17) is 9.47 Å². The quantitative estimate of drug-likeness (QED) is 0.291. The minimum absolute atomic E-state index is 0.270. The van der Waals surface area contributed by atoms with Gasteiger partial charge in [-0.05, 0) is 76.4 Å². The lowest BCUT2D eigenvalue weighted by atomic mass is 10.1.